The fourth-order valence-electron chi connectivity index (χ4n) is 2.08. The number of hydrogen-bond donors (Lipinski definition) is 3. The van der Waals surface area contributed by atoms with Crippen molar-refractivity contribution in [1.29, 1.82) is 0 Å². The average Bonchev–Trinajstić information content (AvgIpc) is 2.56. The van der Waals surface area contributed by atoms with Crippen molar-refractivity contribution in [3.05, 3.63) is 65.2 Å². The highest BCUT2D eigenvalue weighted by Gasteiger charge is 2.07. The SMILES string of the molecule is Cc1cccc(NC(=O)CNC(=O)NCc2ccccc2)c1C. The van der Waals surface area contributed by atoms with Crippen LogP contribution < -0.4 is 16.0 Å². The van der Waals surface area contributed by atoms with E-state index in [9.17, 15) is 9.59 Å². The number of anilines is 1. The molecule has 0 aliphatic rings. The molecule has 2 aromatic rings. The van der Waals surface area contributed by atoms with Gasteiger partial charge in [0.25, 0.3) is 0 Å². The molecule has 120 valence electrons. The maximum absolute atomic E-state index is 11.9. The van der Waals surface area contributed by atoms with Crippen LogP contribution in [0.2, 0.25) is 0 Å². The number of aryl methyl sites for hydroxylation is 1. The Labute approximate surface area is 136 Å². The molecule has 23 heavy (non-hydrogen) atoms. The van der Waals surface area contributed by atoms with Gasteiger partial charge in [-0.2, -0.15) is 0 Å². The van der Waals surface area contributed by atoms with Gasteiger partial charge in [0.15, 0.2) is 0 Å². The van der Waals surface area contributed by atoms with E-state index in [4.69, 9.17) is 0 Å². The molecule has 2 aromatic carbocycles. The van der Waals surface area contributed by atoms with Crippen LogP contribution >= 0.6 is 0 Å². The molecule has 5 nitrogen and oxygen atoms in total. The Morgan fingerprint density at radius 1 is 0.913 bits per heavy atom. The molecule has 2 rings (SSSR count). The lowest BCUT2D eigenvalue weighted by Gasteiger charge is -2.11. The summed E-state index contributed by atoms with van der Waals surface area (Å²) < 4.78 is 0. The minimum Gasteiger partial charge on any atom is -0.334 e. The van der Waals surface area contributed by atoms with Crippen LogP contribution in [0, 0.1) is 13.8 Å². The Bertz CT molecular complexity index is 684. The monoisotopic (exact) mass is 311 g/mol. The number of rotatable bonds is 5. The molecule has 0 aliphatic carbocycles. The average molecular weight is 311 g/mol. The van der Waals surface area contributed by atoms with Gasteiger partial charge in [-0.3, -0.25) is 4.79 Å². The fourth-order valence-corrected chi connectivity index (χ4v) is 2.08. The van der Waals surface area contributed by atoms with Crippen LogP contribution in [0.25, 0.3) is 0 Å². The van der Waals surface area contributed by atoms with E-state index >= 15 is 0 Å². The molecule has 0 atom stereocenters. The molecule has 0 heterocycles. The molecule has 3 amide bonds. The van der Waals surface area contributed by atoms with E-state index in [0.29, 0.717) is 6.54 Å². The van der Waals surface area contributed by atoms with Gasteiger partial charge < -0.3 is 16.0 Å². The summed E-state index contributed by atoms with van der Waals surface area (Å²) in [6.07, 6.45) is 0. The Morgan fingerprint density at radius 2 is 1.65 bits per heavy atom. The number of carbonyl (C=O) groups excluding carboxylic acids is 2. The van der Waals surface area contributed by atoms with Crippen LogP contribution in [0.3, 0.4) is 0 Å². The highest BCUT2D eigenvalue weighted by Crippen LogP contribution is 2.17. The highest BCUT2D eigenvalue weighted by atomic mass is 16.2. The molecular formula is C18H21N3O2. The molecule has 3 N–H and O–H groups in total. The summed E-state index contributed by atoms with van der Waals surface area (Å²) in [7, 11) is 0. The molecule has 0 fully saturated rings. The fraction of sp³-hybridized carbons (Fsp3) is 0.222. The van der Waals surface area contributed by atoms with Crippen LogP contribution in [-0.2, 0) is 11.3 Å². The standard InChI is InChI=1S/C18H21N3O2/c1-13-7-6-10-16(14(13)2)21-17(22)12-20-18(23)19-11-15-8-4-3-5-9-15/h3-10H,11-12H2,1-2H3,(H,21,22)(H2,19,20,23). The first-order chi connectivity index (χ1) is 11.1. The van der Waals surface area contributed by atoms with Gasteiger partial charge in [-0.25, -0.2) is 4.79 Å². The molecule has 0 unspecified atom stereocenters. The van der Waals surface area contributed by atoms with Crippen molar-refractivity contribution in [3.8, 4) is 0 Å². The quantitative estimate of drug-likeness (QED) is 0.794. The Morgan fingerprint density at radius 3 is 2.39 bits per heavy atom. The molecule has 0 radical (unpaired) electrons. The Kier molecular flexibility index (Phi) is 5.74. The van der Waals surface area contributed by atoms with E-state index in [1.807, 2.05) is 62.4 Å². The topological polar surface area (TPSA) is 70.2 Å². The van der Waals surface area contributed by atoms with Crippen molar-refractivity contribution in [3.63, 3.8) is 0 Å². The lowest BCUT2D eigenvalue weighted by atomic mass is 10.1. The molecule has 0 saturated heterocycles. The first-order valence-corrected chi connectivity index (χ1v) is 7.48. The Balaban J connectivity index is 1.75. The zero-order valence-electron chi connectivity index (χ0n) is 13.3. The van der Waals surface area contributed by atoms with Gasteiger partial charge in [-0.05, 0) is 36.6 Å². The normalized spacial score (nSPS) is 10.0. The third kappa shape index (κ3) is 5.14. The third-order valence-corrected chi connectivity index (χ3v) is 3.58. The van der Waals surface area contributed by atoms with Gasteiger partial charge in [-0.1, -0.05) is 42.5 Å². The van der Waals surface area contributed by atoms with Crippen molar-refractivity contribution < 1.29 is 9.59 Å². The van der Waals surface area contributed by atoms with Gasteiger partial charge in [0.2, 0.25) is 5.91 Å². The minimum absolute atomic E-state index is 0.0754. The van der Waals surface area contributed by atoms with Crippen molar-refractivity contribution in [2.75, 3.05) is 11.9 Å². The predicted molar refractivity (Wildman–Crippen MR) is 91.2 cm³/mol. The number of carbonyl (C=O) groups is 2. The van der Waals surface area contributed by atoms with Crippen LogP contribution in [0.1, 0.15) is 16.7 Å². The highest BCUT2D eigenvalue weighted by molar-refractivity contribution is 5.95. The van der Waals surface area contributed by atoms with Crippen LogP contribution in [0.5, 0.6) is 0 Å². The molecule has 0 aromatic heterocycles. The summed E-state index contributed by atoms with van der Waals surface area (Å²) in [6, 6.07) is 14.9. The molecule has 0 aliphatic heterocycles. The van der Waals surface area contributed by atoms with Crippen molar-refractivity contribution in [2.45, 2.75) is 20.4 Å². The second kappa shape index (κ2) is 7.98. The number of nitrogens with one attached hydrogen (secondary N) is 3. The van der Waals surface area contributed by atoms with Gasteiger partial charge in [-0.15, -0.1) is 0 Å². The summed E-state index contributed by atoms with van der Waals surface area (Å²) in [5.74, 6) is -0.256. The summed E-state index contributed by atoms with van der Waals surface area (Å²) in [6.45, 7) is 4.28. The van der Waals surface area contributed by atoms with Gasteiger partial charge in [0.1, 0.15) is 0 Å². The maximum Gasteiger partial charge on any atom is 0.315 e. The summed E-state index contributed by atoms with van der Waals surface area (Å²) >= 11 is 0. The zero-order chi connectivity index (χ0) is 16.7. The lowest BCUT2D eigenvalue weighted by Crippen LogP contribution is -2.39. The van der Waals surface area contributed by atoms with E-state index in [0.717, 1.165) is 22.4 Å². The van der Waals surface area contributed by atoms with Gasteiger partial charge >= 0.3 is 6.03 Å². The third-order valence-electron chi connectivity index (χ3n) is 3.58. The second-order valence-corrected chi connectivity index (χ2v) is 5.32. The van der Waals surface area contributed by atoms with E-state index in [1.54, 1.807) is 0 Å². The first kappa shape index (κ1) is 16.5. The summed E-state index contributed by atoms with van der Waals surface area (Å²) in [5.41, 5.74) is 3.90. The lowest BCUT2D eigenvalue weighted by molar-refractivity contribution is -0.115. The summed E-state index contributed by atoms with van der Waals surface area (Å²) in [4.78, 5) is 23.6. The molecule has 0 bridgehead atoms. The van der Waals surface area contributed by atoms with Crippen molar-refractivity contribution >= 4 is 17.6 Å². The Hall–Kier alpha value is -2.82. The number of urea groups is 1. The number of amides is 3. The van der Waals surface area contributed by atoms with Crippen LogP contribution in [-0.4, -0.2) is 18.5 Å². The zero-order valence-corrected chi connectivity index (χ0v) is 13.3. The molecule has 0 spiro atoms. The minimum atomic E-state index is -0.370. The maximum atomic E-state index is 11.9. The molecule has 5 heteroatoms. The van der Waals surface area contributed by atoms with E-state index in [2.05, 4.69) is 16.0 Å². The summed E-state index contributed by atoms with van der Waals surface area (Å²) in [5, 5.41) is 8.05. The predicted octanol–water partition coefficient (Wildman–Crippen LogP) is 2.74. The van der Waals surface area contributed by atoms with E-state index < -0.39 is 0 Å². The number of hydrogen-bond acceptors (Lipinski definition) is 2. The second-order valence-electron chi connectivity index (χ2n) is 5.32. The van der Waals surface area contributed by atoms with Crippen LogP contribution in [0.4, 0.5) is 10.5 Å². The molecular weight excluding hydrogens is 290 g/mol. The van der Waals surface area contributed by atoms with Crippen molar-refractivity contribution in [1.82, 2.24) is 10.6 Å². The smallest absolute Gasteiger partial charge is 0.315 e. The largest absolute Gasteiger partial charge is 0.334 e. The molecule has 0 saturated carbocycles. The van der Waals surface area contributed by atoms with Crippen molar-refractivity contribution in [2.24, 2.45) is 0 Å². The van der Waals surface area contributed by atoms with Crippen LogP contribution in [0.15, 0.2) is 48.5 Å². The number of benzene rings is 2. The first-order valence-electron chi connectivity index (χ1n) is 7.48. The van der Waals surface area contributed by atoms with E-state index in [-0.39, 0.29) is 18.5 Å². The van der Waals surface area contributed by atoms with Gasteiger partial charge in [0, 0.05) is 12.2 Å². The van der Waals surface area contributed by atoms with Gasteiger partial charge in [0.05, 0.1) is 6.54 Å². The van der Waals surface area contributed by atoms with E-state index in [1.165, 1.54) is 0 Å².